The molecule has 0 saturated heterocycles. The van der Waals surface area contributed by atoms with E-state index in [0.29, 0.717) is 11.8 Å². The fraction of sp³-hybridized carbons (Fsp3) is 0.438. The van der Waals surface area contributed by atoms with Crippen molar-refractivity contribution in [1.82, 2.24) is 19.6 Å². The number of anilines is 1. The van der Waals surface area contributed by atoms with E-state index in [2.05, 4.69) is 20.4 Å². The molecular weight excluding hydrogens is 326 g/mol. The standard InChI is InChI=1S/C16H19N5O2S/c1-23-13-6-10(7-17-8-13)14-9-18-16-21(14)20-15(24-16)19-11-2-4-12(22)5-3-11/h6-9,11-12,22H,2-5H2,1H3,(H,19,20). The molecule has 0 atom stereocenters. The van der Waals surface area contributed by atoms with Gasteiger partial charge in [0.1, 0.15) is 5.75 Å². The second-order valence-electron chi connectivity index (χ2n) is 6.01. The number of methoxy groups -OCH3 is 1. The number of hydrogen-bond donors (Lipinski definition) is 2. The van der Waals surface area contributed by atoms with E-state index in [1.54, 1.807) is 25.7 Å². The molecule has 7 nitrogen and oxygen atoms in total. The summed E-state index contributed by atoms with van der Waals surface area (Å²) in [6.45, 7) is 0. The van der Waals surface area contributed by atoms with Gasteiger partial charge in [0.15, 0.2) is 0 Å². The summed E-state index contributed by atoms with van der Waals surface area (Å²) >= 11 is 1.53. The number of nitrogens with one attached hydrogen (secondary N) is 1. The highest BCUT2D eigenvalue weighted by molar-refractivity contribution is 7.20. The van der Waals surface area contributed by atoms with Crippen LogP contribution in [0.15, 0.2) is 24.7 Å². The summed E-state index contributed by atoms with van der Waals surface area (Å²) in [5.41, 5.74) is 1.80. The van der Waals surface area contributed by atoms with Crippen molar-refractivity contribution in [3.63, 3.8) is 0 Å². The van der Waals surface area contributed by atoms with Gasteiger partial charge in [-0.2, -0.15) is 0 Å². The Morgan fingerprint density at radius 2 is 2.08 bits per heavy atom. The van der Waals surface area contributed by atoms with Crippen molar-refractivity contribution in [3.05, 3.63) is 24.7 Å². The van der Waals surface area contributed by atoms with Crippen LogP contribution in [0.3, 0.4) is 0 Å². The molecule has 3 aromatic heterocycles. The fourth-order valence-corrected chi connectivity index (χ4v) is 3.87. The summed E-state index contributed by atoms with van der Waals surface area (Å²) in [5.74, 6) is 0.705. The molecule has 3 aromatic rings. The summed E-state index contributed by atoms with van der Waals surface area (Å²) < 4.78 is 7.07. The van der Waals surface area contributed by atoms with Crippen molar-refractivity contribution in [2.24, 2.45) is 0 Å². The van der Waals surface area contributed by atoms with Crippen molar-refractivity contribution in [1.29, 1.82) is 0 Å². The molecule has 0 radical (unpaired) electrons. The van der Waals surface area contributed by atoms with Crippen LogP contribution in [0.1, 0.15) is 25.7 Å². The summed E-state index contributed by atoms with van der Waals surface area (Å²) in [6, 6.07) is 2.29. The Bertz CT molecular complexity index is 838. The van der Waals surface area contributed by atoms with E-state index < -0.39 is 0 Å². The lowest BCUT2D eigenvalue weighted by molar-refractivity contribution is 0.126. The van der Waals surface area contributed by atoms with E-state index in [9.17, 15) is 5.11 Å². The van der Waals surface area contributed by atoms with Crippen LogP contribution in [-0.4, -0.2) is 43.9 Å². The fourth-order valence-electron chi connectivity index (χ4n) is 3.01. The first-order valence-corrected chi connectivity index (χ1v) is 8.83. The summed E-state index contributed by atoms with van der Waals surface area (Å²) in [5, 5.41) is 18.6. The minimum atomic E-state index is -0.149. The van der Waals surface area contributed by atoms with Gasteiger partial charge < -0.3 is 15.2 Å². The lowest BCUT2D eigenvalue weighted by Gasteiger charge is -2.25. The molecule has 4 rings (SSSR count). The van der Waals surface area contributed by atoms with E-state index in [0.717, 1.165) is 47.0 Å². The maximum Gasteiger partial charge on any atom is 0.214 e. The first kappa shape index (κ1) is 15.3. The Labute approximate surface area is 143 Å². The number of fused-ring (bicyclic) bond motifs is 1. The normalized spacial score (nSPS) is 21.1. The Hall–Kier alpha value is -2.19. The Morgan fingerprint density at radius 3 is 2.88 bits per heavy atom. The second kappa shape index (κ2) is 6.37. The van der Waals surface area contributed by atoms with Crippen LogP contribution in [0.25, 0.3) is 16.2 Å². The van der Waals surface area contributed by atoms with E-state index in [-0.39, 0.29) is 6.10 Å². The Balaban J connectivity index is 1.59. The third-order valence-electron chi connectivity index (χ3n) is 4.35. The number of hydrogen-bond acceptors (Lipinski definition) is 7. The van der Waals surface area contributed by atoms with Gasteiger partial charge in [0.2, 0.25) is 10.1 Å². The smallest absolute Gasteiger partial charge is 0.214 e. The molecule has 1 aliphatic carbocycles. The van der Waals surface area contributed by atoms with Gasteiger partial charge in [-0.05, 0) is 31.7 Å². The predicted octanol–water partition coefficient (Wildman–Crippen LogP) is 2.58. The maximum absolute atomic E-state index is 9.61. The third-order valence-corrected chi connectivity index (χ3v) is 5.21. The van der Waals surface area contributed by atoms with Crippen LogP contribution in [0.4, 0.5) is 5.13 Å². The van der Waals surface area contributed by atoms with Crippen LogP contribution in [-0.2, 0) is 0 Å². The van der Waals surface area contributed by atoms with Gasteiger partial charge >= 0.3 is 0 Å². The molecule has 24 heavy (non-hydrogen) atoms. The number of rotatable bonds is 4. The van der Waals surface area contributed by atoms with Gasteiger partial charge in [-0.3, -0.25) is 4.98 Å². The van der Waals surface area contributed by atoms with Crippen LogP contribution in [0, 0.1) is 0 Å². The van der Waals surface area contributed by atoms with Gasteiger partial charge in [0.25, 0.3) is 0 Å². The molecule has 1 aliphatic rings. The molecule has 0 bridgehead atoms. The molecule has 8 heteroatoms. The average molecular weight is 345 g/mol. The van der Waals surface area contributed by atoms with Gasteiger partial charge in [0.05, 0.1) is 31.3 Å². The lowest BCUT2D eigenvalue weighted by atomic mass is 9.93. The molecule has 0 aromatic carbocycles. The highest BCUT2D eigenvalue weighted by Gasteiger charge is 2.21. The average Bonchev–Trinajstić information content (AvgIpc) is 3.17. The van der Waals surface area contributed by atoms with Crippen molar-refractivity contribution in [3.8, 4) is 17.0 Å². The number of aliphatic hydroxyl groups is 1. The van der Waals surface area contributed by atoms with Crippen molar-refractivity contribution >= 4 is 21.4 Å². The SMILES string of the molecule is COc1cncc(-c2cnc3sc(NC4CCC(O)CC4)nn23)c1. The summed E-state index contributed by atoms with van der Waals surface area (Å²) in [4.78, 5) is 9.48. The van der Waals surface area contributed by atoms with E-state index in [4.69, 9.17) is 4.74 Å². The zero-order chi connectivity index (χ0) is 16.5. The van der Waals surface area contributed by atoms with Gasteiger partial charge in [-0.1, -0.05) is 11.3 Å². The highest BCUT2D eigenvalue weighted by atomic mass is 32.1. The van der Waals surface area contributed by atoms with Gasteiger partial charge in [0, 0.05) is 17.8 Å². The quantitative estimate of drug-likeness (QED) is 0.756. The second-order valence-corrected chi connectivity index (χ2v) is 6.96. The van der Waals surface area contributed by atoms with E-state index in [1.807, 2.05) is 10.6 Å². The highest BCUT2D eigenvalue weighted by Crippen LogP contribution is 2.29. The number of nitrogens with zero attached hydrogens (tertiary/aromatic N) is 4. The molecule has 2 N–H and O–H groups in total. The van der Waals surface area contributed by atoms with Crippen LogP contribution < -0.4 is 10.1 Å². The summed E-state index contributed by atoms with van der Waals surface area (Å²) in [6.07, 6.45) is 8.74. The molecule has 0 amide bonds. The third kappa shape index (κ3) is 2.94. The van der Waals surface area contributed by atoms with Crippen molar-refractivity contribution in [2.45, 2.75) is 37.8 Å². The Morgan fingerprint density at radius 1 is 1.25 bits per heavy atom. The monoisotopic (exact) mass is 345 g/mol. The molecule has 3 heterocycles. The van der Waals surface area contributed by atoms with Gasteiger partial charge in [-0.15, -0.1) is 5.10 Å². The number of pyridine rings is 1. The predicted molar refractivity (Wildman–Crippen MR) is 92.5 cm³/mol. The van der Waals surface area contributed by atoms with Crippen molar-refractivity contribution in [2.75, 3.05) is 12.4 Å². The first-order chi connectivity index (χ1) is 11.7. The zero-order valence-electron chi connectivity index (χ0n) is 13.3. The molecule has 0 unspecified atom stereocenters. The van der Waals surface area contributed by atoms with Crippen LogP contribution >= 0.6 is 11.3 Å². The molecule has 1 saturated carbocycles. The van der Waals surface area contributed by atoms with Crippen molar-refractivity contribution < 1.29 is 9.84 Å². The number of aliphatic hydroxyl groups excluding tert-OH is 1. The summed E-state index contributed by atoms with van der Waals surface area (Å²) in [7, 11) is 1.62. The minimum absolute atomic E-state index is 0.149. The maximum atomic E-state index is 9.61. The van der Waals surface area contributed by atoms with E-state index in [1.165, 1.54) is 11.3 Å². The lowest BCUT2D eigenvalue weighted by Crippen LogP contribution is -2.28. The Kier molecular flexibility index (Phi) is 4.07. The molecule has 0 spiro atoms. The van der Waals surface area contributed by atoms with Crippen LogP contribution in [0.2, 0.25) is 0 Å². The minimum Gasteiger partial charge on any atom is -0.495 e. The number of ether oxygens (including phenoxy) is 1. The number of imidazole rings is 1. The first-order valence-electron chi connectivity index (χ1n) is 8.01. The van der Waals surface area contributed by atoms with Gasteiger partial charge in [-0.25, -0.2) is 9.50 Å². The number of aromatic nitrogens is 4. The van der Waals surface area contributed by atoms with E-state index >= 15 is 0 Å². The molecule has 1 fully saturated rings. The molecular formula is C16H19N5O2S. The van der Waals surface area contributed by atoms with Crippen LogP contribution in [0.5, 0.6) is 5.75 Å². The molecule has 0 aliphatic heterocycles. The topological polar surface area (TPSA) is 84.6 Å². The molecule has 126 valence electrons. The zero-order valence-corrected chi connectivity index (χ0v) is 14.2. The largest absolute Gasteiger partial charge is 0.495 e.